The van der Waals surface area contributed by atoms with Crippen LogP contribution in [-0.4, -0.2) is 30.7 Å². The third-order valence-electron chi connectivity index (χ3n) is 3.71. The maximum Gasteiger partial charge on any atom is 0.156 e. The number of carbonyl (C=O) groups excluding carboxylic acids is 1. The highest BCUT2D eigenvalue weighted by atomic mass is 32.2. The van der Waals surface area contributed by atoms with Gasteiger partial charge in [-0.1, -0.05) is 18.2 Å². The second-order valence-corrected chi connectivity index (χ2v) is 9.07. The summed E-state index contributed by atoms with van der Waals surface area (Å²) in [4.78, 5) is 12.2. The first-order valence-electron chi connectivity index (χ1n) is 6.80. The average molecular weight is 295 g/mol. The van der Waals surface area contributed by atoms with Crippen LogP contribution in [0.5, 0.6) is 0 Å². The molecule has 0 aromatic heterocycles. The fourth-order valence-corrected chi connectivity index (χ4v) is 3.29. The molecule has 1 aliphatic heterocycles. The predicted octanol–water partition coefficient (Wildman–Crippen LogP) is 2.20. The summed E-state index contributed by atoms with van der Waals surface area (Å²) in [5.41, 5.74) is 2.09. The number of para-hydroxylation sites is 1. The van der Waals surface area contributed by atoms with E-state index in [2.05, 4.69) is 5.32 Å². The van der Waals surface area contributed by atoms with Gasteiger partial charge < -0.3 is 5.32 Å². The van der Waals surface area contributed by atoms with Gasteiger partial charge in [-0.2, -0.15) is 0 Å². The van der Waals surface area contributed by atoms with Crippen molar-refractivity contribution in [3.8, 4) is 0 Å². The van der Waals surface area contributed by atoms with Gasteiger partial charge in [0.05, 0.1) is 16.5 Å². The molecule has 1 aromatic carbocycles. The Hall–Kier alpha value is -1.36. The lowest BCUT2D eigenvalue weighted by Crippen LogP contribution is -2.34. The Morgan fingerprint density at radius 3 is 2.55 bits per heavy atom. The number of rotatable bonds is 4. The van der Waals surface area contributed by atoms with Crippen molar-refractivity contribution in [3.63, 3.8) is 0 Å². The number of carbonyl (C=O) groups is 1. The van der Waals surface area contributed by atoms with Crippen molar-refractivity contribution in [3.05, 3.63) is 29.8 Å². The molecular formula is C15H21NO3S. The molecule has 0 amide bonds. The first kappa shape index (κ1) is 15.0. The lowest BCUT2D eigenvalue weighted by molar-refractivity contribution is -0.119. The zero-order valence-electron chi connectivity index (χ0n) is 12.1. The number of sulfone groups is 1. The summed E-state index contributed by atoms with van der Waals surface area (Å²) in [5, 5.41) is 3.16. The Balaban J connectivity index is 1.96. The van der Waals surface area contributed by atoms with Crippen molar-refractivity contribution in [2.75, 3.05) is 11.1 Å². The molecule has 0 saturated heterocycles. The molecule has 1 aromatic rings. The predicted molar refractivity (Wildman–Crippen MR) is 80.7 cm³/mol. The number of fused-ring (bicyclic) bond motifs is 1. The molecule has 20 heavy (non-hydrogen) atoms. The molecule has 1 heterocycles. The Morgan fingerprint density at radius 2 is 1.95 bits per heavy atom. The summed E-state index contributed by atoms with van der Waals surface area (Å²) in [6.07, 6.45) is 0.718. The number of Topliss-reactive ketones (excluding diaryl/α,β-unsaturated/α-hetero) is 1. The standard InChI is InChI=1S/C15H21NO3S/c1-15(2,3)20(18,19)9-8-14(17)13-10-11-6-4-5-7-12(11)16-13/h4-7,13,16H,8-10H2,1-3H3. The minimum atomic E-state index is -3.24. The SMILES string of the molecule is CC(C)(C)S(=O)(=O)CCC(=O)C1Cc2ccccc2N1. The molecule has 110 valence electrons. The summed E-state index contributed by atoms with van der Waals surface area (Å²) in [6, 6.07) is 7.50. The van der Waals surface area contributed by atoms with E-state index in [1.54, 1.807) is 20.8 Å². The number of anilines is 1. The van der Waals surface area contributed by atoms with Crippen LogP contribution in [0.25, 0.3) is 0 Å². The summed E-state index contributed by atoms with van der Waals surface area (Å²) >= 11 is 0. The van der Waals surface area contributed by atoms with Gasteiger partial charge in [0, 0.05) is 18.5 Å². The molecule has 0 radical (unpaired) electrons. The number of ketones is 1. The van der Waals surface area contributed by atoms with E-state index in [4.69, 9.17) is 0 Å². The third kappa shape index (κ3) is 3.03. The minimum Gasteiger partial charge on any atom is -0.375 e. The molecule has 1 aliphatic rings. The highest BCUT2D eigenvalue weighted by Gasteiger charge is 2.31. The zero-order valence-corrected chi connectivity index (χ0v) is 13.0. The van der Waals surface area contributed by atoms with Crippen molar-refractivity contribution >= 4 is 21.3 Å². The lowest BCUT2D eigenvalue weighted by atomic mass is 10.1. The molecule has 5 heteroatoms. The molecular weight excluding hydrogens is 274 g/mol. The molecule has 2 rings (SSSR count). The van der Waals surface area contributed by atoms with E-state index in [0.717, 1.165) is 11.3 Å². The zero-order chi connectivity index (χ0) is 15.0. The van der Waals surface area contributed by atoms with Crippen molar-refractivity contribution in [2.45, 2.75) is 44.4 Å². The van der Waals surface area contributed by atoms with Crippen molar-refractivity contribution < 1.29 is 13.2 Å². The van der Waals surface area contributed by atoms with Gasteiger partial charge in [-0.25, -0.2) is 8.42 Å². The highest BCUT2D eigenvalue weighted by Crippen LogP contribution is 2.26. The number of nitrogens with one attached hydrogen (secondary N) is 1. The van der Waals surface area contributed by atoms with Crippen LogP contribution in [0.1, 0.15) is 32.8 Å². The average Bonchev–Trinajstić information content (AvgIpc) is 2.78. The summed E-state index contributed by atoms with van der Waals surface area (Å²) < 4.78 is 23.2. The van der Waals surface area contributed by atoms with Crippen LogP contribution in [-0.2, 0) is 21.1 Å². The van der Waals surface area contributed by atoms with E-state index >= 15 is 0 Å². The van der Waals surface area contributed by atoms with Gasteiger partial charge >= 0.3 is 0 Å². The lowest BCUT2D eigenvalue weighted by Gasteiger charge is -2.19. The first-order chi connectivity index (χ1) is 9.21. The first-order valence-corrected chi connectivity index (χ1v) is 8.45. The van der Waals surface area contributed by atoms with E-state index in [0.29, 0.717) is 6.42 Å². The number of hydrogen-bond donors (Lipinski definition) is 1. The van der Waals surface area contributed by atoms with E-state index < -0.39 is 14.6 Å². The molecule has 0 aliphatic carbocycles. The van der Waals surface area contributed by atoms with Gasteiger partial charge in [0.1, 0.15) is 0 Å². The largest absolute Gasteiger partial charge is 0.375 e. The number of hydrogen-bond acceptors (Lipinski definition) is 4. The van der Waals surface area contributed by atoms with Gasteiger partial charge in [0.25, 0.3) is 0 Å². The maximum atomic E-state index is 12.2. The van der Waals surface area contributed by atoms with Gasteiger partial charge in [-0.05, 0) is 32.4 Å². The second kappa shape index (κ2) is 5.20. The molecule has 4 nitrogen and oxygen atoms in total. The van der Waals surface area contributed by atoms with Gasteiger partial charge in [0.15, 0.2) is 15.6 Å². The van der Waals surface area contributed by atoms with Gasteiger partial charge in [-0.3, -0.25) is 4.79 Å². The molecule has 0 saturated carbocycles. The van der Waals surface area contributed by atoms with Crippen LogP contribution >= 0.6 is 0 Å². The monoisotopic (exact) mass is 295 g/mol. The molecule has 0 spiro atoms. The van der Waals surface area contributed by atoms with Crippen LogP contribution in [0.3, 0.4) is 0 Å². The minimum absolute atomic E-state index is 0.0333. The molecule has 1 atom stereocenters. The van der Waals surface area contributed by atoms with E-state index in [1.807, 2.05) is 24.3 Å². The quantitative estimate of drug-likeness (QED) is 0.925. The highest BCUT2D eigenvalue weighted by molar-refractivity contribution is 7.92. The Kier molecular flexibility index (Phi) is 3.91. The topological polar surface area (TPSA) is 63.2 Å². The van der Waals surface area contributed by atoms with Crippen LogP contribution in [0.2, 0.25) is 0 Å². The Morgan fingerprint density at radius 1 is 1.30 bits per heavy atom. The maximum absolute atomic E-state index is 12.2. The number of benzene rings is 1. The summed E-state index contributed by atoms with van der Waals surface area (Å²) in [7, 11) is -3.24. The van der Waals surface area contributed by atoms with Gasteiger partial charge in [0.2, 0.25) is 0 Å². The van der Waals surface area contributed by atoms with Crippen LogP contribution < -0.4 is 5.32 Å². The van der Waals surface area contributed by atoms with Gasteiger partial charge in [-0.15, -0.1) is 0 Å². The Bertz CT molecular complexity index is 589. The van der Waals surface area contributed by atoms with Crippen molar-refractivity contribution in [1.29, 1.82) is 0 Å². The van der Waals surface area contributed by atoms with Crippen LogP contribution in [0, 0.1) is 0 Å². The molecule has 0 fully saturated rings. The summed E-state index contributed by atoms with van der Waals surface area (Å²) in [6.45, 7) is 4.99. The summed E-state index contributed by atoms with van der Waals surface area (Å²) in [5.74, 6) is -0.113. The van der Waals surface area contributed by atoms with Crippen LogP contribution in [0.15, 0.2) is 24.3 Å². The molecule has 0 bridgehead atoms. The second-order valence-electron chi connectivity index (χ2n) is 6.21. The van der Waals surface area contributed by atoms with Crippen molar-refractivity contribution in [1.82, 2.24) is 0 Å². The fourth-order valence-electron chi connectivity index (χ4n) is 2.21. The third-order valence-corrected chi connectivity index (χ3v) is 6.32. The fraction of sp³-hybridized carbons (Fsp3) is 0.533. The van der Waals surface area contributed by atoms with E-state index in [1.165, 1.54) is 0 Å². The van der Waals surface area contributed by atoms with Crippen molar-refractivity contribution in [2.24, 2.45) is 0 Å². The Labute approximate surface area is 120 Å². The molecule has 1 unspecified atom stereocenters. The van der Waals surface area contributed by atoms with E-state index in [-0.39, 0.29) is 24.0 Å². The smallest absolute Gasteiger partial charge is 0.156 e. The van der Waals surface area contributed by atoms with E-state index in [9.17, 15) is 13.2 Å². The molecule has 1 N–H and O–H groups in total. The normalized spacial score (nSPS) is 18.4. The van der Waals surface area contributed by atoms with Crippen LogP contribution in [0.4, 0.5) is 5.69 Å².